The lowest BCUT2D eigenvalue weighted by Crippen LogP contribution is -2.24. The van der Waals surface area contributed by atoms with E-state index in [9.17, 15) is 13.2 Å². The van der Waals surface area contributed by atoms with Gasteiger partial charge in [-0.25, -0.2) is 0 Å². The van der Waals surface area contributed by atoms with Crippen LogP contribution in [0.2, 0.25) is 0 Å². The molecular weight excluding hydrogens is 301 g/mol. The Bertz CT molecular complexity index is 703. The van der Waals surface area contributed by atoms with E-state index in [2.05, 4.69) is 17.4 Å². The summed E-state index contributed by atoms with van der Waals surface area (Å²) in [5.74, 6) is 0. The molecule has 0 aromatic heterocycles. The molecule has 1 aliphatic rings. The summed E-state index contributed by atoms with van der Waals surface area (Å²) in [6, 6.07) is 9.66. The van der Waals surface area contributed by atoms with E-state index in [4.69, 9.17) is 0 Å². The van der Waals surface area contributed by atoms with Gasteiger partial charge in [0.2, 0.25) is 0 Å². The van der Waals surface area contributed by atoms with Crippen LogP contribution in [-0.4, -0.2) is 20.6 Å². The van der Waals surface area contributed by atoms with Gasteiger partial charge in [-0.1, -0.05) is 12.1 Å². The number of fused-ring (bicyclic) bond motifs is 1. The van der Waals surface area contributed by atoms with Crippen molar-refractivity contribution >= 4 is 5.69 Å². The highest BCUT2D eigenvalue weighted by molar-refractivity contribution is 5.74. The molecule has 23 heavy (non-hydrogen) atoms. The molecule has 1 aliphatic heterocycles. The Morgan fingerprint density at radius 1 is 1.04 bits per heavy atom. The molecule has 0 spiro atoms. The summed E-state index contributed by atoms with van der Waals surface area (Å²) in [4.78, 5) is 2.02. The number of hydrogen-bond donors (Lipinski definition) is 1. The predicted octanol–water partition coefficient (Wildman–Crippen LogP) is 4.08. The first kappa shape index (κ1) is 15.9. The van der Waals surface area contributed by atoms with Crippen LogP contribution in [0, 0.1) is 0 Å². The second-order valence-electron chi connectivity index (χ2n) is 6.03. The Balaban J connectivity index is 2.09. The van der Waals surface area contributed by atoms with E-state index in [-0.39, 0.29) is 0 Å². The van der Waals surface area contributed by atoms with E-state index in [1.54, 1.807) is 12.1 Å². The van der Waals surface area contributed by atoms with Crippen LogP contribution in [0.3, 0.4) is 0 Å². The Hall–Kier alpha value is -2.01. The Morgan fingerprint density at radius 2 is 1.74 bits per heavy atom. The summed E-state index contributed by atoms with van der Waals surface area (Å²) in [5.41, 5.74) is 4.76. The average molecular weight is 320 g/mol. The molecule has 0 amide bonds. The first-order valence-electron chi connectivity index (χ1n) is 7.58. The topological polar surface area (TPSA) is 15.3 Å². The summed E-state index contributed by atoms with van der Waals surface area (Å²) < 4.78 is 38.3. The zero-order valence-electron chi connectivity index (χ0n) is 13.2. The number of hydrogen-bond acceptors (Lipinski definition) is 2. The highest BCUT2D eigenvalue weighted by Gasteiger charge is 2.30. The van der Waals surface area contributed by atoms with Crippen molar-refractivity contribution in [3.63, 3.8) is 0 Å². The first-order chi connectivity index (χ1) is 10.9. The number of halogens is 3. The standard InChI is InChI=1S/C18H19F3N2/c1-23(2)15-9-13-11-22-8-7-16(13)17(10-15)12-3-5-14(6-4-12)18(19,20)21/h3-6,9-10,22H,7-8,11H2,1-2H3. The summed E-state index contributed by atoms with van der Waals surface area (Å²) in [6.07, 6.45) is -3.41. The van der Waals surface area contributed by atoms with Gasteiger partial charge in [-0.05, 0) is 59.5 Å². The van der Waals surface area contributed by atoms with Gasteiger partial charge >= 0.3 is 6.18 Å². The number of alkyl halides is 3. The van der Waals surface area contributed by atoms with Crippen molar-refractivity contribution in [1.29, 1.82) is 0 Å². The van der Waals surface area contributed by atoms with Crippen LogP contribution in [0.25, 0.3) is 11.1 Å². The van der Waals surface area contributed by atoms with E-state index in [0.29, 0.717) is 0 Å². The lowest BCUT2D eigenvalue weighted by molar-refractivity contribution is -0.137. The number of nitrogens with one attached hydrogen (secondary N) is 1. The third-order valence-electron chi connectivity index (χ3n) is 4.23. The van der Waals surface area contributed by atoms with Gasteiger partial charge in [0, 0.05) is 26.3 Å². The number of benzene rings is 2. The molecule has 0 radical (unpaired) electrons. The lowest BCUT2D eigenvalue weighted by atomic mass is 9.90. The van der Waals surface area contributed by atoms with Crippen molar-refractivity contribution in [2.24, 2.45) is 0 Å². The van der Waals surface area contributed by atoms with Crippen molar-refractivity contribution < 1.29 is 13.2 Å². The van der Waals surface area contributed by atoms with Crippen molar-refractivity contribution in [3.8, 4) is 11.1 Å². The molecular formula is C18H19F3N2. The Kier molecular flexibility index (Phi) is 4.06. The van der Waals surface area contributed by atoms with E-state index >= 15 is 0 Å². The fraction of sp³-hybridized carbons (Fsp3) is 0.333. The molecule has 0 atom stereocenters. The third kappa shape index (κ3) is 3.20. The van der Waals surface area contributed by atoms with Crippen LogP contribution in [0.1, 0.15) is 16.7 Å². The maximum Gasteiger partial charge on any atom is 0.416 e. The molecule has 2 aromatic carbocycles. The van der Waals surface area contributed by atoms with Gasteiger partial charge in [-0.15, -0.1) is 0 Å². The van der Waals surface area contributed by atoms with Crippen LogP contribution in [0.4, 0.5) is 18.9 Å². The third-order valence-corrected chi connectivity index (χ3v) is 4.23. The maximum absolute atomic E-state index is 12.8. The monoisotopic (exact) mass is 320 g/mol. The van der Waals surface area contributed by atoms with Gasteiger partial charge in [-0.2, -0.15) is 13.2 Å². The zero-order chi connectivity index (χ0) is 16.6. The minimum atomic E-state index is -4.30. The molecule has 0 saturated heterocycles. The van der Waals surface area contributed by atoms with Crippen LogP contribution >= 0.6 is 0 Å². The Morgan fingerprint density at radius 3 is 2.35 bits per heavy atom. The Labute approximate surface area is 133 Å². The molecule has 0 aliphatic carbocycles. The van der Waals surface area contributed by atoms with Gasteiger partial charge in [0.25, 0.3) is 0 Å². The lowest BCUT2D eigenvalue weighted by Gasteiger charge is -2.24. The highest BCUT2D eigenvalue weighted by atomic mass is 19.4. The van der Waals surface area contributed by atoms with Gasteiger partial charge in [0.1, 0.15) is 0 Å². The highest BCUT2D eigenvalue weighted by Crippen LogP contribution is 2.35. The first-order valence-corrected chi connectivity index (χ1v) is 7.58. The summed E-state index contributed by atoms with van der Waals surface area (Å²) in [7, 11) is 3.93. The fourth-order valence-electron chi connectivity index (χ4n) is 2.96. The van der Waals surface area contributed by atoms with E-state index < -0.39 is 11.7 Å². The second-order valence-corrected chi connectivity index (χ2v) is 6.03. The smallest absolute Gasteiger partial charge is 0.378 e. The zero-order valence-corrected chi connectivity index (χ0v) is 13.2. The molecule has 1 heterocycles. The minimum Gasteiger partial charge on any atom is -0.378 e. The SMILES string of the molecule is CN(C)c1cc2c(c(-c3ccc(C(F)(F)F)cc3)c1)CCNC2. The van der Waals surface area contributed by atoms with Crippen molar-refractivity contribution in [1.82, 2.24) is 5.32 Å². The molecule has 5 heteroatoms. The summed E-state index contributed by atoms with van der Waals surface area (Å²) in [5, 5.41) is 3.35. The van der Waals surface area contributed by atoms with E-state index in [1.165, 1.54) is 11.1 Å². The number of anilines is 1. The number of nitrogens with zero attached hydrogens (tertiary/aromatic N) is 1. The second kappa shape index (κ2) is 5.89. The van der Waals surface area contributed by atoms with Gasteiger partial charge in [0.05, 0.1) is 5.56 Å². The van der Waals surface area contributed by atoms with Gasteiger partial charge in [-0.3, -0.25) is 0 Å². The van der Waals surface area contributed by atoms with Gasteiger partial charge in [0.15, 0.2) is 0 Å². The molecule has 122 valence electrons. The molecule has 0 saturated carbocycles. The largest absolute Gasteiger partial charge is 0.416 e. The van der Waals surface area contributed by atoms with Crippen molar-refractivity contribution in [3.05, 3.63) is 53.1 Å². The van der Waals surface area contributed by atoms with Crippen molar-refractivity contribution in [2.75, 3.05) is 25.5 Å². The number of rotatable bonds is 2. The molecule has 3 rings (SSSR count). The normalized spacial score (nSPS) is 14.5. The molecule has 1 N–H and O–H groups in total. The predicted molar refractivity (Wildman–Crippen MR) is 86.6 cm³/mol. The maximum atomic E-state index is 12.8. The van der Waals surface area contributed by atoms with E-state index in [1.807, 2.05) is 19.0 Å². The molecule has 0 bridgehead atoms. The minimum absolute atomic E-state index is 0.611. The molecule has 2 aromatic rings. The molecule has 2 nitrogen and oxygen atoms in total. The molecule has 0 unspecified atom stereocenters. The van der Waals surface area contributed by atoms with Crippen LogP contribution in [0.15, 0.2) is 36.4 Å². The van der Waals surface area contributed by atoms with Crippen LogP contribution < -0.4 is 10.2 Å². The van der Waals surface area contributed by atoms with Crippen molar-refractivity contribution in [2.45, 2.75) is 19.1 Å². The fourth-order valence-corrected chi connectivity index (χ4v) is 2.96. The van der Waals surface area contributed by atoms with Crippen LogP contribution in [0.5, 0.6) is 0 Å². The quantitative estimate of drug-likeness (QED) is 0.897. The van der Waals surface area contributed by atoms with E-state index in [0.717, 1.165) is 48.5 Å². The van der Waals surface area contributed by atoms with Gasteiger partial charge < -0.3 is 10.2 Å². The average Bonchev–Trinajstić information content (AvgIpc) is 2.53. The molecule has 0 fully saturated rings. The summed E-state index contributed by atoms with van der Waals surface area (Å²) in [6.45, 7) is 1.69. The summed E-state index contributed by atoms with van der Waals surface area (Å²) >= 11 is 0. The van der Waals surface area contributed by atoms with Crippen LogP contribution in [-0.2, 0) is 19.1 Å².